The van der Waals surface area contributed by atoms with Gasteiger partial charge in [-0.25, -0.2) is 9.37 Å². The van der Waals surface area contributed by atoms with Crippen LogP contribution in [0.3, 0.4) is 0 Å². The molecule has 4 heterocycles. The third kappa shape index (κ3) is 6.86. The average Bonchev–Trinajstić information content (AvgIpc) is 3.06. The van der Waals surface area contributed by atoms with Gasteiger partial charge in [-0.1, -0.05) is 14.8 Å². The van der Waals surface area contributed by atoms with Crippen molar-refractivity contribution in [3.63, 3.8) is 0 Å². The topological polar surface area (TPSA) is 104 Å². The number of anilines is 4. The van der Waals surface area contributed by atoms with E-state index in [0.29, 0.717) is 50.7 Å². The first-order valence-electron chi connectivity index (χ1n) is 15.8. The zero-order chi connectivity index (χ0) is 32.4. The number of fused-ring (bicyclic) bond motifs is 1. The van der Waals surface area contributed by atoms with Crippen molar-refractivity contribution in [2.24, 2.45) is 0 Å². The van der Waals surface area contributed by atoms with E-state index in [1.165, 1.54) is 11.3 Å². The molecule has 2 fully saturated rings. The summed E-state index contributed by atoms with van der Waals surface area (Å²) >= 11 is 3.62. The first-order chi connectivity index (χ1) is 22.2. The molecule has 3 aromatic rings. The van der Waals surface area contributed by atoms with Crippen molar-refractivity contribution in [3.05, 3.63) is 46.1 Å². The minimum atomic E-state index is -1.42. The number of aromatic nitrogens is 2. The molecule has 0 radical (unpaired) electrons. The maximum absolute atomic E-state index is 14.2. The molecule has 3 aliphatic heterocycles. The zero-order valence-electron chi connectivity index (χ0n) is 26.9. The first kappa shape index (κ1) is 33.0. The molecule has 0 aliphatic carbocycles. The molecule has 248 valence electrons. The quantitative estimate of drug-likeness (QED) is 0.227. The number of likely N-dealkylation sites (tertiary alicyclic amines) is 1. The molecule has 0 bridgehead atoms. The molecule has 0 saturated carbocycles. The summed E-state index contributed by atoms with van der Waals surface area (Å²) in [5, 5.41) is 17.3. The van der Waals surface area contributed by atoms with E-state index in [2.05, 4.69) is 73.7 Å². The molecule has 0 amide bonds. The molecule has 6 rings (SSSR count). The number of nitrogens with one attached hydrogen (secondary N) is 2. The van der Waals surface area contributed by atoms with Gasteiger partial charge in [-0.15, -0.1) is 0 Å². The fourth-order valence-electron chi connectivity index (χ4n) is 6.57. The lowest BCUT2D eigenvalue weighted by Gasteiger charge is -2.50. The van der Waals surface area contributed by atoms with Crippen LogP contribution in [-0.2, 0) is 13.0 Å². The molecular formula is C33H43BrFN6O4P. The van der Waals surface area contributed by atoms with Crippen molar-refractivity contribution in [2.45, 2.75) is 44.4 Å². The molecule has 3 N–H and O–H groups in total. The van der Waals surface area contributed by atoms with Crippen LogP contribution < -0.4 is 35.0 Å². The third-order valence-corrected chi connectivity index (χ3v) is 10.9. The molecule has 0 spiro atoms. The van der Waals surface area contributed by atoms with Gasteiger partial charge in [-0.3, -0.25) is 4.90 Å². The fraction of sp³-hybridized carbons (Fsp3) is 0.515. The Hall–Kier alpha value is -2.92. The maximum Gasteiger partial charge on any atom is 0.224 e. The number of aliphatic hydroxyl groups excluding tert-OH is 1. The number of hydrogen-bond donors (Lipinski definition) is 3. The Kier molecular flexibility index (Phi) is 10.1. The van der Waals surface area contributed by atoms with Crippen LogP contribution in [0, 0.1) is 0 Å². The van der Waals surface area contributed by atoms with E-state index < -0.39 is 20.2 Å². The third-order valence-electron chi connectivity index (χ3n) is 9.00. The van der Waals surface area contributed by atoms with E-state index in [1.54, 1.807) is 13.3 Å². The van der Waals surface area contributed by atoms with Gasteiger partial charge in [0.25, 0.3) is 0 Å². The van der Waals surface area contributed by atoms with Crippen molar-refractivity contribution in [3.8, 4) is 17.2 Å². The smallest absolute Gasteiger partial charge is 0.224 e. The number of halogens is 2. The molecule has 46 heavy (non-hydrogen) atoms. The lowest BCUT2D eigenvalue weighted by atomic mass is 9.91. The Bertz CT molecular complexity index is 1550. The highest BCUT2D eigenvalue weighted by Gasteiger charge is 2.46. The monoisotopic (exact) mass is 716 g/mol. The van der Waals surface area contributed by atoms with Crippen molar-refractivity contribution >= 4 is 52.3 Å². The predicted octanol–water partition coefficient (Wildman–Crippen LogP) is 5.29. The highest BCUT2D eigenvalue weighted by molar-refractivity contribution is 9.10. The molecular weight excluding hydrogens is 674 g/mol. The molecule has 3 aliphatic rings. The van der Waals surface area contributed by atoms with Gasteiger partial charge in [0.2, 0.25) is 5.95 Å². The number of rotatable bonds is 11. The van der Waals surface area contributed by atoms with E-state index >= 15 is 0 Å². The highest BCUT2D eigenvalue weighted by atomic mass is 79.9. The molecule has 0 atom stereocenters. The number of benzene rings is 2. The van der Waals surface area contributed by atoms with Gasteiger partial charge in [0, 0.05) is 67.6 Å². The Morgan fingerprint density at radius 2 is 1.91 bits per heavy atom. The van der Waals surface area contributed by atoms with Crippen molar-refractivity contribution in [2.75, 3.05) is 82.0 Å². The van der Waals surface area contributed by atoms with E-state index in [-0.39, 0.29) is 0 Å². The van der Waals surface area contributed by atoms with Gasteiger partial charge in [0.15, 0.2) is 17.2 Å². The first-order valence-corrected chi connectivity index (χ1v) is 18.9. The van der Waals surface area contributed by atoms with E-state index in [1.807, 2.05) is 12.1 Å². The van der Waals surface area contributed by atoms with E-state index in [4.69, 9.17) is 19.2 Å². The summed E-state index contributed by atoms with van der Waals surface area (Å²) in [6.07, 6.45) is 4.57. The number of piperidine rings is 1. The SMILES string of the molecule is CCc1cc(CNc2ncc(Br)c(Nc3ccc4c(c3P(C)C)OCCO4)n2)c(OC)cc1N1CCC(N2CC(F)(CO)C2)CC1. The van der Waals surface area contributed by atoms with Crippen molar-refractivity contribution < 1.29 is 23.7 Å². The van der Waals surface area contributed by atoms with Crippen LogP contribution in [0.5, 0.6) is 17.2 Å². The van der Waals surface area contributed by atoms with Crippen LogP contribution in [0.2, 0.25) is 0 Å². The van der Waals surface area contributed by atoms with E-state index in [0.717, 1.165) is 70.6 Å². The van der Waals surface area contributed by atoms with E-state index in [9.17, 15) is 9.50 Å². The Balaban J connectivity index is 1.14. The number of aryl methyl sites for hydroxylation is 1. The van der Waals surface area contributed by atoms with Crippen LogP contribution >= 0.6 is 23.9 Å². The summed E-state index contributed by atoms with van der Waals surface area (Å²) in [7, 11) is 1.21. The second-order valence-corrected chi connectivity index (χ2v) is 15.4. The second-order valence-electron chi connectivity index (χ2n) is 12.3. The minimum Gasteiger partial charge on any atom is -0.496 e. The number of aliphatic hydroxyl groups is 1. The molecule has 10 nitrogen and oxygen atoms in total. The number of alkyl halides is 1. The van der Waals surface area contributed by atoms with Crippen molar-refractivity contribution in [1.82, 2.24) is 14.9 Å². The normalized spacial score (nSPS) is 18.0. The average molecular weight is 718 g/mol. The minimum absolute atomic E-state index is 0.335. The summed E-state index contributed by atoms with van der Waals surface area (Å²) in [6.45, 7) is 10.2. The molecule has 2 saturated heterocycles. The zero-order valence-corrected chi connectivity index (χ0v) is 29.4. The maximum atomic E-state index is 14.2. The van der Waals surface area contributed by atoms with Gasteiger partial charge in [0.1, 0.15) is 24.8 Å². The van der Waals surface area contributed by atoms with Crippen LogP contribution in [0.15, 0.2) is 34.9 Å². The van der Waals surface area contributed by atoms with Gasteiger partial charge >= 0.3 is 0 Å². The molecule has 13 heteroatoms. The summed E-state index contributed by atoms with van der Waals surface area (Å²) in [5.41, 5.74) is 2.98. The van der Waals surface area contributed by atoms with Gasteiger partial charge in [0.05, 0.1) is 23.9 Å². The predicted molar refractivity (Wildman–Crippen MR) is 186 cm³/mol. The molecule has 0 unspecified atom stereocenters. The Morgan fingerprint density at radius 3 is 2.61 bits per heavy atom. The number of ether oxygens (including phenoxy) is 3. The number of hydrogen-bond acceptors (Lipinski definition) is 10. The highest BCUT2D eigenvalue weighted by Crippen LogP contribution is 2.42. The van der Waals surface area contributed by atoms with Gasteiger partial charge in [-0.2, -0.15) is 4.98 Å². The lowest BCUT2D eigenvalue weighted by molar-refractivity contribution is -0.0896. The molecule has 1 aromatic heterocycles. The van der Waals surface area contributed by atoms with Crippen LogP contribution in [-0.4, -0.2) is 98.1 Å². The molecule has 2 aromatic carbocycles. The summed E-state index contributed by atoms with van der Waals surface area (Å²) < 4.78 is 32.7. The summed E-state index contributed by atoms with van der Waals surface area (Å²) in [4.78, 5) is 13.9. The summed E-state index contributed by atoms with van der Waals surface area (Å²) in [5.74, 6) is 3.55. The standard InChI is InChI=1S/C33H43BrFN6O4P/c1-5-21-14-22(28(43-2)15-26(21)40-10-8-23(9-11-40)41-18-33(35,19-41)20-42)16-36-32-37-17-24(34)31(39-32)38-25-6-7-27-29(30(25)46(3)4)45-13-12-44-27/h6-7,14-15,17,23,42H,5,8-13,16,18-20H2,1-4H3,(H2,36,37,38,39). The van der Waals surface area contributed by atoms with Crippen molar-refractivity contribution in [1.29, 1.82) is 0 Å². The number of methoxy groups -OCH3 is 1. The Labute approximate surface area is 279 Å². The largest absolute Gasteiger partial charge is 0.496 e. The van der Waals surface area contributed by atoms with Gasteiger partial charge < -0.3 is 34.9 Å². The van der Waals surface area contributed by atoms with Gasteiger partial charge in [-0.05, 0) is 72.3 Å². The second kappa shape index (κ2) is 14.1. The number of nitrogens with zero attached hydrogens (tertiary/aromatic N) is 4. The Morgan fingerprint density at radius 1 is 1.15 bits per heavy atom. The summed E-state index contributed by atoms with van der Waals surface area (Å²) in [6, 6.07) is 8.68. The lowest BCUT2D eigenvalue weighted by Crippen LogP contribution is -2.65. The fourth-order valence-corrected chi connectivity index (χ4v) is 8.05. The van der Waals surface area contributed by atoms with Crippen LogP contribution in [0.4, 0.5) is 27.5 Å². The van der Waals surface area contributed by atoms with Crippen LogP contribution in [0.1, 0.15) is 30.9 Å². The van der Waals surface area contributed by atoms with Crippen LogP contribution in [0.25, 0.3) is 0 Å².